The van der Waals surface area contributed by atoms with Crippen LogP contribution in [0.2, 0.25) is 5.15 Å². The Kier molecular flexibility index (Phi) is 3.98. The molecule has 1 aromatic heterocycles. The van der Waals surface area contributed by atoms with Crippen LogP contribution in [0, 0.1) is 5.82 Å². The molecule has 0 aliphatic carbocycles. The van der Waals surface area contributed by atoms with Crippen LogP contribution in [0.25, 0.3) is 0 Å². The lowest BCUT2D eigenvalue weighted by Crippen LogP contribution is -1.96. The van der Waals surface area contributed by atoms with Crippen LogP contribution in [0.3, 0.4) is 0 Å². The van der Waals surface area contributed by atoms with Crippen LogP contribution in [-0.2, 0) is 0 Å². The Bertz CT molecular complexity index is 583. The monoisotopic (exact) mass is 332 g/mol. The molecule has 0 aliphatic rings. The molecule has 0 fully saturated rings. The van der Waals surface area contributed by atoms with Crippen molar-refractivity contribution in [3.05, 3.63) is 40.0 Å². The predicted octanol–water partition coefficient (Wildman–Crippen LogP) is 3.83. The van der Waals surface area contributed by atoms with Gasteiger partial charge in [-0.3, -0.25) is 0 Å². The van der Waals surface area contributed by atoms with Gasteiger partial charge < -0.3 is 9.47 Å². The van der Waals surface area contributed by atoms with Gasteiger partial charge in [0.1, 0.15) is 17.9 Å². The number of halogens is 3. The fourth-order valence-corrected chi connectivity index (χ4v) is 1.88. The second kappa shape index (κ2) is 5.49. The lowest BCUT2D eigenvalue weighted by Gasteiger charge is -2.10. The Balaban J connectivity index is 2.37. The van der Waals surface area contributed by atoms with Crippen LogP contribution in [0.1, 0.15) is 0 Å². The summed E-state index contributed by atoms with van der Waals surface area (Å²) in [6.07, 6.45) is 1.25. The molecule has 0 N–H and O–H groups in total. The first-order chi connectivity index (χ1) is 8.61. The van der Waals surface area contributed by atoms with Crippen LogP contribution < -0.4 is 9.47 Å². The van der Waals surface area contributed by atoms with Gasteiger partial charge in [0.15, 0.2) is 5.15 Å². The van der Waals surface area contributed by atoms with Crippen molar-refractivity contribution in [1.29, 1.82) is 0 Å². The van der Waals surface area contributed by atoms with E-state index in [9.17, 15) is 4.39 Å². The molecule has 1 aromatic carbocycles. The normalized spacial score (nSPS) is 10.2. The van der Waals surface area contributed by atoms with Crippen LogP contribution in [-0.4, -0.2) is 17.1 Å². The molecule has 2 rings (SSSR count). The lowest BCUT2D eigenvalue weighted by molar-refractivity contribution is 0.366. The van der Waals surface area contributed by atoms with E-state index < -0.39 is 0 Å². The molecule has 0 bridgehead atoms. The summed E-state index contributed by atoms with van der Waals surface area (Å²) in [6.45, 7) is 0. The van der Waals surface area contributed by atoms with Gasteiger partial charge in [-0.1, -0.05) is 11.6 Å². The highest BCUT2D eigenvalue weighted by Crippen LogP contribution is 2.36. The Morgan fingerprint density at radius 3 is 2.78 bits per heavy atom. The molecule has 0 radical (unpaired) electrons. The van der Waals surface area contributed by atoms with Crippen molar-refractivity contribution in [3.63, 3.8) is 0 Å². The summed E-state index contributed by atoms with van der Waals surface area (Å²) >= 11 is 9.02. The van der Waals surface area contributed by atoms with Crippen LogP contribution >= 0.6 is 27.5 Å². The van der Waals surface area contributed by atoms with Gasteiger partial charge in [-0.25, -0.2) is 9.37 Å². The zero-order valence-electron chi connectivity index (χ0n) is 9.15. The van der Waals surface area contributed by atoms with Gasteiger partial charge >= 0.3 is 0 Å². The highest BCUT2D eigenvalue weighted by atomic mass is 79.9. The zero-order valence-corrected chi connectivity index (χ0v) is 11.5. The third-order valence-corrected chi connectivity index (χ3v) is 2.92. The van der Waals surface area contributed by atoms with Crippen LogP contribution in [0.4, 0.5) is 4.39 Å². The van der Waals surface area contributed by atoms with E-state index in [2.05, 4.69) is 25.9 Å². The van der Waals surface area contributed by atoms with E-state index in [1.54, 1.807) is 0 Å². The molecule has 0 unspecified atom stereocenters. The highest BCUT2D eigenvalue weighted by Gasteiger charge is 2.14. The molecule has 0 spiro atoms. The highest BCUT2D eigenvalue weighted by molar-refractivity contribution is 9.10. The summed E-state index contributed by atoms with van der Waals surface area (Å²) in [7, 11) is 1.43. The van der Waals surface area contributed by atoms with E-state index in [1.807, 2.05) is 0 Å². The molecule has 94 valence electrons. The molecule has 0 amide bonds. The van der Waals surface area contributed by atoms with E-state index >= 15 is 0 Å². The molecule has 4 nitrogen and oxygen atoms in total. The van der Waals surface area contributed by atoms with E-state index in [0.717, 1.165) is 0 Å². The third-order valence-electron chi connectivity index (χ3n) is 2.03. The molecule has 0 atom stereocenters. The van der Waals surface area contributed by atoms with E-state index in [0.29, 0.717) is 10.2 Å². The first-order valence-corrected chi connectivity index (χ1v) is 5.96. The number of hydrogen-bond acceptors (Lipinski definition) is 4. The predicted molar refractivity (Wildman–Crippen MR) is 67.8 cm³/mol. The number of ether oxygens (including phenoxy) is 2. The molecule has 2 aromatic rings. The van der Waals surface area contributed by atoms with Gasteiger partial charge in [0.05, 0.1) is 11.6 Å². The Labute approximate surface area is 116 Å². The van der Waals surface area contributed by atoms with Crippen molar-refractivity contribution < 1.29 is 13.9 Å². The van der Waals surface area contributed by atoms with Gasteiger partial charge in [0.25, 0.3) is 5.88 Å². The van der Waals surface area contributed by atoms with E-state index in [4.69, 9.17) is 21.1 Å². The number of nitrogens with zero attached hydrogens (tertiary/aromatic N) is 2. The smallest absolute Gasteiger partial charge is 0.267 e. The Morgan fingerprint density at radius 1 is 1.33 bits per heavy atom. The minimum atomic E-state index is -0.373. The first-order valence-electron chi connectivity index (χ1n) is 4.79. The van der Waals surface area contributed by atoms with Crippen molar-refractivity contribution >= 4 is 27.5 Å². The fourth-order valence-electron chi connectivity index (χ4n) is 1.24. The summed E-state index contributed by atoms with van der Waals surface area (Å²) in [6, 6.07) is 4.02. The van der Waals surface area contributed by atoms with Crippen molar-refractivity contribution in [2.24, 2.45) is 0 Å². The number of benzene rings is 1. The standard InChI is InChI=1S/C11H7BrClFN2O2/c1-17-9-10(13)15-5-16-11(9)18-8-3-2-6(14)4-7(8)12/h2-5H,1H3. The average molecular weight is 334 g/mol. The zero-order chi connectivity index (χ0) is 13.1. The Hall–Kier alpha value is -1.40. The first kappa shape index (κ1) is 13.0. The fraction of sp³-hybridized carbons (Fsp3) is 0.0909. The summed E-state index contributed by atoms with van der Waals surface area (Å²) in [4.78, 5) is 7.68. The third kappa shape index (κ3) is 2.70. The van der Waals surface area contributed by atoms with Gasteiger partial charge in [-0.05, 0) is 34.1 Å². The van der Waals surface area contributed by atoms with Crippen molar-refractivity contribution in [1.82, 2.24) is 9.97 Å². The molecule has 1 heterocycles. The summed E-state index contributed by atoms with van der Waals surface area (Å²) in [5, 5.41) is 0.140. The number of rotatable bonds is 3. The quantitative estimate of drug-likeness (QED) is 0.801. The maximum absolute atomic E-state index is 12.9. The maximum atomic E-state index is 12.9. The van der Waals surface area contributed by atoms with E-state index in [-0.39, 0.29) is 22.6 Å². The number of methoxy groups -OCH3 is 1. The van der Waals surface area contributed by atoms with Crippen LogP contribution in [0.5, 0.6) is 17.4 Å². The maximum Gasteiger partial charge on any atom is 0.267 e. The van der Waals surface area contributed by atoms with Crippen LogP contribution in [0.15, 0.2) is 29.0 Å². The number of aromatic nitrogens is 2. The molecule has 7 heteroatoms. The van der Waals surface area contributed by atoms with Crippen molar-refractivity contribution in [3.8, 4) is 17.4 Å². The number of hydrogen-bond donors (Lipinski definition) is 0. The van der Waals surface area contributed by atoms with Gasteiger partial charge in [0, 0.05) is 0 Å². The largest absolute Gasteiger partial charge is 0.489 e. The summed E-state index contributed by atoms with van der Waals surface area (Å²) < 4.78 is 23.9. The second-order valence-corrected chi connectivity index (χ2v) is 4.39. The molecule has 18 heavy (non-hydrogen) atoms. The van der Waals surface area contributed by atoms with Gasteiger partial charge in [-0.2, -0.15) is 4.98 Å². The van der Waals surface area contributed by atoms with Gasteiger partial charge in [-0.15, -0.1) is 0 Å². The Morgan fingerprint density at radius 2 is 2.11 bits per heavy atom. The molecular weight excluding hydrogens is 326 g/mol. The lowest BCUT2D eigenvalue weighted by atomic mass is 10.3. The topological polar surface area (TPSA) is 44.2 Å². The molecule has 0 saturated carbocycles. The SMILES string of the molecule is COc1c(Cl)ncnc1Oc1ccc(F)cc1Br. The second-order valence-electron chi connectivity index (χ2n) is 3.18. The average Bonchev–Trinajstić information content (AvgIpc) is 2.33. The van der Waals surface area contributed by atoms with E-state index in [1.165, 1.54) is 31.6 Å². The molecular formula is C11H7BrClFN2O2. The summed E-state index contributed by atoms with van der Waals surface area (Å²) in [5.41, 5.74) is 0. The molecule has 0 aliphatic heterocycles. The minimum absolute atomic E-state index is 0.140. The molecule has 0 saturated heterocycles. The summed E-state index contributed by atoms with van der Waals surface area (Å²) in [5.74, 6) is 0.395. The van der Waals surface area contributed by atoms with Gasteiger partial charge in [0.2, 0.25) is 5.75 Å². The minimum Gasteiger partial charge on any atom is -0.489 e. The van der Waals surface area contributed by atoms with Crippen molar-refractivity contribution in [2.75, 3.05) is 7.11 Å². The van der Waals surface area contributed by atoms with Crippen molar-refractivity contribution in [2.45, 2.75) is 0 Å².